The summed E-state index contributed by atoms with van der Waals surface area (Å²) in [4.78, 5) is 16.0. The number of nitrogens with zero attached hydrogens (tertiary/aromatic N) is 5. The Morgan fingerprint density at radius 1 is 1.22 bits per heavy atom. The topological polar surface area (TPSA) is 90.8 Å². The Morgan fingerprint density at radius 3 is 2.74 bits per heavy atom. The Balaban J connectivity index is 1.77. The summed E-state index contributed by atoms with van der Waals surface area (Å²) in [5.41, 5.74) is 1.80. The van der Waals surface area contributed by atoms with Crippen molar-refractivity contribution in [3.63, 3.8) is 0 Å². The number of rotatable bonds is 5. The van der Waals surface area contributed by atoms with Crippen LogP contribution < -0.4 is 0 Å². The summed E-state index contributed by atoms with van der Waals surface area (Å²) in [6.45, 7) is 2.02. The van der Waals surface area contributed by atoms with Crippen molar-refractivity contribution in [2.24, 2.45) is 0 Å². The Bertz CT molecular complexity index is 792. The molecule has 0 unspecified atom stereocenters. The molecule has 0 spiro atoms. The molecule has 0 atom stereocenters. The van der Waals surface area contributed by atoms with E-state index in [1.165, 1.54) is 11.8 Å². The van der Waals surface area contributed by atoms with Crippen molar-refractivity contribution in [3.8, 4) is 11.3 Å². The first-order valence-corrected chi connectivity index (χ1v) is 8.29. The zero-order chi connectivity index (χ0) is 16.1. The quantitative estimate of drug-likeness (QED) is 0.652. The molecular formula is C14H11N5O2S2. The number of hydrogen-bond acceptors (Lipinski definition) is 9. The van der Waals surface area contributed by atoms with E-state index in [1.54, 1.807) is 13.1 Å². The molecule has 0 amide bonds. The number of ether oxygens (including phenoxy) is 1. The summed E-state index contributed by atoms with van der Waals surface area (Å²) in [6, 6.07) is 9.65. The van der Waals surface area contributed by atoms with E-state index in [-0.39, 0.29) is 12.3 Å². The van der Waals surface area contributed by atoms with Gasteiger partial charge >= 0.3 is 5.97 Å². The first-order valence-electron chi connectivity index (χ1n) is 6.70. The smallest absolute Gasteiger partial charge is 0.361 e. The van der Waals surface area contributed by atoms with E-state index in [2.05, 4.69) is 24.8 Å². The minimum Gasteiger partial charge on any atom is -0.461 e. The minimum atomic E-state index is -0.502. The van der Waals surface area contributed by atoms with Gasteiger partial charge in [-0.1, -0.05) is 34.8 Å². The van der Waals surface area contributed by atoms with Crippen LogP contribution in [0.1, 0.15) is 17.4 Å². The molecule has 0 fully saturated rings. The second-order valence-electron chi connectivity index (χ2n) is 4.22. The third-order valence-corrected chi connectivity index (χ3v) is 4.47. The summed E-state index contributed by atoms with van der Waals surface area (Å²) in [5, 5.41) is 12.4. The van der Waals surface area contributed by atoms with Crippen LogP contribution in [0.4, 0.5) is 0 Å². The highest BCUT2D eigenvalue weighted by Crippen LogP contribution is 2.30. The number of hydrogen-bond donors (Lipinski definition) is 0. The van der Waals surface area contributed by atoms with Crippen LogP contribution in [0.5, 0.6) is 0 Å². The normalized spacial score (nSPS) is 10.5. The first kappa shape index (κ1) is 15.5. The summed E-state index contributed by atoms with van der Waals surface area (Å²) < 4.78 is 9.30. The third kappa shape index (κ3) is 3.69. The molecule has 116 valence electrons. The van der Waals surface area contributed by atoms with Gasteiger partial charge in [0, 0.05) is 5.56 Å². The van der Waals surface area contributed by atoms with Gasteiger partial charge in [0.05, 0.1) is 12.8 Å². The SMILES string of the molecule is CCOC(=O)c1nnsc1Sc1ncc(-c2ccccc2)nn1. The van der Waals surface area contributed by atoms with Crippen molar-refractivity contribution in [2.45, 2.75) is 16.3 Å². The van der Waals surface area contributed by atoms with Crippen LogP contribution in [0.25, 0.3) is 11.3 Å². The molecular weight excluding hydrogens is 334 g/mol. The van der Waals surface area contributed by atoms with Gasteiger partial charge in [0.15, 0.2) is 5.69 Å². The van der Waals surface area contributed by atoms with Crippen molar-refractivity contribution in [1.29, 1.82) is 0 Å². The molecule has 23 heavy (non-hydrogen) atoms. The average Bonchev–Trinajstić information content (AvgIpc) is 3.05. The van der Waals surface area contributed by atoms with Crippen LogP contribution in [0.2, 0.25) is 0 Å². The van der Waals surface area contributed by atoms with Gasteiger partial charge in [-0.2, -0.15) is 0 Å². The number of esters is 1. The molecule has 0 aliphatic rings. The Hall–Kier alpha value is -2.39. The second-order valence-corrected chi connectivity index (χ2v) is 6.21. The highest BCUT2D eigenvalue weighted by atomic mass is 32.2. The molecule has 0 bridgehead atoms. The van der Waals surface area contributed by atoms with Crippen molar-refractivity contribution in [1.82, 2.24) is 24.8 Å². The van der Waals surface area contributed by atoms with Gasteiger partial charge in [0.1, 0.15) is 9.90 Å². The van der Waals surface area contributed by atoms with E-state index in [9.17, 15) is 4.79 Å². The van der Waals surface area contributed by atoms with Gasteiger partial charge in [-0.05, 0) is 30.2 Å². The molecule has 7 nitrogen and oxygen atoms in total. The zero-order valence-electron chi connectivity index (χ0n) is 12.0. The van der Waals surface area contributed by atoms with E-state index < -0.39 is 5.97 Å². The van der Waals surface area contributed by atoms with Gasteiger partial charge in [-0.15, -0.1) is 15.3 Å². The van der Waals surface area contributed by atoms with Crippen LogP contribution in [-0.4, -0.2) is 37.3 Å². The minimum absolute atomic E-state index is 0.178. The lowest BCUT2D eigenvalue weighted by molar-refractivity contribution is 0.0515. The maximum Gasteiger partial charge on any atom is 0.361 e. The second kappa shape index (κ2) is 7.25. The van der Waals surface area contributed by atoms with Crippen LogP contribution in [0.3, 0.4) is 0 Å². The van der Waals surface area contributed by atoms with Gasteiger partial charge in [0.25, 0.3) is 0 Å². The monoisotopic (exact) mass is 345 g/mol. The molecule has 2 heterocycles. The molecule has 0 saturated heterocycles. The number of benzene rings is 1. The molecule has 3 rings (SSSR count). The lowest BCUT2D eigenvalue weighted by Gasteiger charge is -2.01. The Labute approximate surface area is 140 Å². The lowest BCUT2D eigenvalue weighted by Crippen LogP contribution is -2.06. The van der Waals surface area contributed by atoms with Crippen LogP contribution in [-0.2, 0) is 4.74 Å². The van der Waals surface area contributed by atoms with E-state index >= 15 is 0 Å². The van der Waals surface area contributed by atoms with Crippen molar-refractivity contribution >= 4 is 29.3 Å². The number of carbonyl (C=O) groups is 1. The lowest BCUT2D eigenvalue weighted by atomic mass is 10.2. The van der Waals surface area contributed by atoms with Crippen molar-refractivity contribution < 1.29 is 9.53 Å². The summed E-state index contributed by atoms with van der Waals surface area (Å²) >= 11 is 2.28. The van der Waals surface area contributed by atoms with Crippen LogP contribution in [0.15, 0.2) is 45.9 Å². The highest BCUT2D eigenvalue weighted by Gasteiger charge is 2.19. The molecule has 0 aliphatic carbocycles. The maximum atomic E-state index is 11.8. The predicted octanol–water partition coefficient (Wildman–Crippen LogP) is 2.72. The van der Waals surface area contributed by atoms with Crippen molar-refractivity contribution in [3.05, 3.63) is 42.2 Å². The molecule has 2 aromatic heterocycles. The molecule has 1 aromatic carbocycles. The first-order chi connectivity index (χ1) is 11.3. The van der Waals surface area contributed by atoms with Crippen LogP contribution >= 0.6 is 23.3 Å². The fourth-order valence-electron chi connectivity index (χ4n) is 1.71. The highest BCUT2D eigenvalue weighted by molar-refractivity contribution is 8.01. The third-order valence-electron chi connectivity index (χ3n) is 2.72. The fourth-order valence-corrected chi connectivity index (χ4v) is 3.16. The van der Waals surface area contributed by atoms with Gasteiger partial charge in [0.2, 0.25) is 5.16 Å². The van der Waals surface area contributed by atoms with Crippen LogP contribution in [0, 0.1) is 0 Å². The molecule has 0 radical (unpaired) electrons. The summed E-state index contributed by atoms with van der Waals surface area (Å²) in [7, 11) is 0. The fraction of sp³-hybridized carbons (Fsp3) is 0.143. The largest absolute Gasteiger partial charge is 0.461 e. The average molecular weight is 345 g/mol. The van der Waals surface area contributed by atoms with Crippen molar-refractivity contribution in [2.75, 3.05) is 6.61 Å². The number of carbonyl (C=O) groups excluding carboxylic acids is 1. The summed E-state index contributed by atoms with van der Waals surface area (Å²) in [6.07, 6.45) is 1.64. The van der Waals surface area contributed by atoms with Gasteiger partial charge < -0.3 is 4.74 Å². The van der Waals surface area contributed by atoms with E-state index in [4.69, 9.17) is 4.74 Å². The predicted molar refractivity (Wildman–Crippen MR) is 85.3 cm³/mol. The standard InChI is InChI=1S/C14H11N5O2S2/c1-2-21-12(20)11-13(23-19-17-11)22-14-15-8-10(16-18-14)9-6-4-3-5-7-9/h3-8H,2H2,1H3. The zero-order valence-corrected chi connectivity index (χ0v) is 13.7. The molecule has 0 aliphatic heterocycles. The molecule has 3 aromatic rings. The Morgan fingerprint density at radius 2 is 2.04 bits per heavy atom. The van der Waals surface area contributed by atoms with Gasteiger partial charge in [-0.3, -0.25) is 0 Å². The van der Waals surface area contributed by atoms with E-state index in [0.717, 1.165) is 17.1 Å². The summed E-state index contributed by atoms with van der Waals surface area (Å²) in [5.74, 6) is -0.502. The number of aromatic nitrogens is 5. The Kier molecular flexibility index (Phi) is 4.89. The molecule has 9 heteroatoms. The van der Waals surface area contributed by atoms with E-state index in [1.807, 2.05) is 30.3 Å². The molecule has 0 saturated carbocycles. The van der Waals surface area contributed by atoms with E-state index in [0.29, 0.717) is 15.1 Å². The molecule has 0 N–H and O–H groups in total. The van der Waals surface area contributed by atoms with Gasteiger partial charge in [-0.25, -0.2) is 9.78 Å². The maximum absolute atomic E-state index is 11.8.